The molecule has 17 heavy (non-hydrogen) atoms. The van der Waals surface area contributed by atoms with Crippen molar-refractivity contribution in [2.75, 3.05) is 0 Å². The van der Waals surface area contributed by atoms with Crippen molar-refractivity contribution < 1.29 is 14.0 Å². The molecule has 0 unspecified atom stereocenters. The van der Waals surface area contributed by atoms with Crippen molar-refractivity contribution in [1.29, 1.82) is 0 Å². The molecule has 1 N–H and O–H groups in total. The maximum atomic E-state index is 13.3. The van der Waals surface area contributed by atoms with Crippen molar-refractivity contribution >= 4 is 11.7 Å². The number of halogens is 1. The van der Waals surface area contributed by atoms with E-state index in [1.54, 1.807) is 0 Å². The van der Waals surface area contributed by atoms with Gasteiger partial charge in [0.1, 0.15) is 5.78 Å². The maximum absolute atomic E-state index is 13.3. The van der Waals surface area contributed by atoms with E-state index in [4.69, 9.17) is 0 Å². The van der Waals surface area contributed by atoms with E-state index < -0.39 is 11.7 Å². The largest absolute Gasteiger partial charge is 0.349 e. The summed E-state index contributed by atoms with van der Waals surface area (Å²) in [5, 5.41) is 2.74. The van der Waals surface area contributed by atoms with E-state index in [1.807, 2.05) is 0 Å². The molecule has 1 saturated carbocycles. The van der Waals surface area contributed by atoms with Gasteiger partial charge in [-0.3, -0.25) is 14.6 Å². The first-order valence-corrected chi connectivity index (χ1v) is 5.59. The number of Topliss-reactive ketones (excluding diaryl/α,β-unsaturated/α-hetero) is 1. The van der Waals surface area contributed by atoms with E-state index in [2.05, 4.69) is 10.3 Å². The highest BCUT2D eigenvalue weighted by molar-refractivity contribution is 5.94. The van der Waals surface area contributed by atoms with Gasteiger partial charge in [-0.05, 0) is 18.9 Å². The quantitative estimate of drug-likeness (QED) is 0.845. The highest BCUT2D eigenvalue weighted by atomic mass is 19.1. The summed E-state index contributed by atoms with van der Waals surface area (Å²) in [5.41, 5.74) is -0.00287. The fraction of sp³-hybridized carbons (Fsp3) is 0.417. The number of pyridine rings is 1. The summed E-state index contributed by atoms with van der Waals surface area (Å²) >= 11 is 0. The second-order valence-corrected chi connectivity index (χ2v) is 4.14. The lowest BCUT2D eigenvalue weighted by Crippen LogP contribution is -2.38. The molecule has 0 spiro atoms. The molecular formula is C12H13FN2O2. The summed E-state index contributed by atoms with van der Waals surface area (Å²) in [6.45, 7) is 0. The maximum Gasteiger partial charge on any atom is 0.254 e. The zero-order chi connectivity index (χ0) is 12.3. The molecule has 0 atom stereocenters. The van der Waals surface area contributed by atoms with Crippen LogP contribution in [0.1, 0.15) is 36.0 Å². The van der Waals surface area contributed by atoms with E-state index in [1.165, 1.54) is 12.3 Å². The van der Waals surface area contributed by atoms with E-state index >= 15 is 0 Å². The van der Waals surface area contributed by atoms with Crippen LogP contribution in [0.2, 0.25) is 0 Å². The van der Waals surface area contributed by atoms with Crippen molar-refractivity contribution in [1.82, 2.24) is 10.3 Å². The van der Waals surface area contributed by atoms with Crippen LogP contribution in [-0.2, 0) is 4.79 Å². The van der Waals surface area contributed by atoms with Crippen molar-refractivity contribution in [3.63, 3.8) is 0 Å². The molecule has 5 heteroatoms. The van der Waals surface area contributed by atoms with Crippen LogP contribution in [0.15, 0.2) is 18.5 Å². The normalized spacial score (nSPS) is 16.9. The molecule has 1 heterocycles. The summed E-state index contributed by atoms with van der Waals surface area (Å²) in [7, 11) is 0. The van der Waals surface area contributed by atoms with Crippen LogP contribution < -0.4 is 5.32 Å². The van der Waals surface area contributed by atoms with Gasteiger partial charge in [-0.25, -0.2) is 4.39 Å². The Balaban J connectivity index is 1.98. The SMILES string of the molecule is O=C1CCC(NC(=O)c2ccncc2F)CC1. The number of carbonyl (C=O) groups excluding carboxylic acids is 2. The van der Waals surface area contributed by atoms with Gasteiger partial charge < -0.3 is 5.32 Å². The molecule has 0 bridgehead atoms. The first kappa shape index (κ1) is 11.7. The molecule has 1 aliphatic rings. The molecule has 1 amide bonds. The van der Waals surface area contributed by atoms with Crippen molar-refractivity contribution in [2.45, 2.75) is 31.7 Å². The van der Waals surface area contributed by atoms with E-state index in [0.717, 1.165) is 6.20 Å². The number of ketones is 1. The lowest BCUT2D eigenvalue weighted by Gasteiger charge is -2.22. The first-order chi connectivity index (χ1) is 8.16. The summed E-state index contributed by atoms with van der Waals surface area (Å²) in [5.74, 6) is -0.841. The number of hydrogen-bond acceptors (Lipinski definition) is 3. The van der Waals surface area contributed by atoms with Crippen LogP contribution in [-0.4, -0.2) is 22.7 Å². The van der Waals surface area contributed by atoms with E-state index in [9.17, 15) is 14.0 Å². The molecule has 0 aromatic carbocycles. The van der Waals surface area contributed by atoms with Gasteiger partial charge in [-0.1, -0.05) is 0 Å². The number of nitrogens with one attached hydrogen (secondary N) is 1. The zero-order valence-corrected chi connectivity index (χ0v) is 9.28. The Hall–Kier alpha value is -1.78. The minimum Gasteiger partial charge on any atom is -0.349 e. The molecule has 90 valence electrons. The van der Waals surface area contributed by atoms with Gasteiger partial charge >= 0.3 is 0 Å². The lowest BCUT2D eigenvalue weighted by atomic mass is 9.94. The van der Waals surface area contributed by atoms with Gasteiger partial charge in [0.25, 0.3) is 5.91 Å². The van der Waals surface area contributed by atoms with Crippen LogP contribution in [0.3, 0.4) is 0 Å². The standard InChI is InChI=1S/C12H13FN2O2/c13-11-7-14-6-5-10(11)12(17)15-8-1-3-9(16)4-2-8/h5-8H,1-4H2,(H,15,17). The molecule has 0 radical (unpaired) electrons. The number of hydrogen-bond donors (Lipinski definition) is 1. The van der Waals surface area contributed by atoms with Crippen molar-refractivity contribution in [3.05, 3.63) is 29.8 Å². The Kier molecular flexibility index (Phi) is 3.46. The van der Waals surface area contributed by atoms with Crippen LogP contribution in [0, 0.1) is 5.82 Å². The van der Waals surface area contributed by atoms with Crippen molar-refractivity contribution in [3.8, 4) is 0 Å². The molecule has 1 fully saturated rings. The van der Waals surface area contributed by atoms with Gasteiger partial charge in [0.15, 0.2) is 5.82 Å². The highest BCUT2D eigenvalue weighted by Gasteiger charge is 2.21. The summed E-state index contributed by atoms with van der Waals surface area (Å²) in [4.78, 5) is 26.4. The predicted molar refractivity (Wildman–Crippen MR) is 58.9 cm³/mol. The Morgan fingerprint density at radius 3 is 2.76 bits per heavy atom. The van der Waals surface area contributed by atoms with Crippen LogP contribution in [0.4, 0.5) is 4.39 Å². The number of rotatable bonds is 2. The summed E-state index contributed by atoms with van der Waals surface area (Å²) < 4.78 is 13.3. The minimum atomic E-state index is -0.628. The monoisotopic (exact) mass is 236 g/mol. The topological polar surface area (TPSA) is 59.1 Å². The second kappa shape index (κ2) is 5.03. The highest BCUT2D eigenvalue weighted by Crippen LogP contribution is 2.15. The molecule has 0 aliphatic heterocycles. The molecule has 1 aliphatic carbocycles. The minimum absolute atomic E-state index is 0.00287. The van der Waals surface area contributed by atoms with Crippen LogP contribution in [0.5, 0.6) is 0 Å². The van der Waals surface area contributed by atoms with Gasteiger partial charge in [0.05, 0.1) is 11.8 Å². The third-order valence-electron chi connectivity index (χ3n) is 2.90. The molecule has 2 rings (SSSR count). The van der Waals surface area contributed by atoms with E-state index in [0.29, 0.717) is 25.7 Å². The van der Waals surface area contributed by atoms with Crippen LogP contribution >= 0.6 is 0 Å². The second-order valence-electron chi connectivity index (χ2n) is 4.14. The fourth-order valence-corrected chi connectivity index (χ4v) is 1.91. The third kappa shape index (κ3) is 2.87. The van der Waals surface area contributed by atoms with Gasteiger partial charge in [-0.15, -0.1) is 0 Å². The zero-order valence-electron chi connectivity index (χ0n) is 9.28. The molecule has 1 aromatic heterocycles. The lowest BCUT2D eigenvalue weighted by molar-refractivity contribution is -0.120. The first-order valence-electron chi connectivity index (χ1n) is 5.59. The third-order valence-corrected chi connectivity index (χ3v) is 2.90. The Morgan fingerprint density at radius 2 is 2.12 bits per heavy atom. The number of amides is 1. The van der Waals surface area contributed by atoms with Gasteiger partial charge in [-0.2, -0.15) is 0 Å². The summed E-state index contributed by atoms with van der Waals surface area (Å²) in [6, 6.07) is 1.31. The number of carbonyl (C=O) groups is 2. The average Bonchev–Trinajstić information content (AvgIpc) is 2.32. The Bertz CT molecular complexity index is 438. The van der Waals surface area contributed by atoms with Gasteiger partial charge in [0.2, 0.25) is 0 Å². The Morgan fingerprint density at radius 1 is 1.41 bits per heavy atom. The molecular weight excluding hydrogens is 223 g/mol. The smallest absolute Gasteiger partial charge is 0.254 e. The van der Waals surface area contributed by atoms with Crippen molar-refractivity contribution in [2.24, 2.45) is 0 Å². The van der Waals surface area contributed by atoms with Gasteiger partial charge in [0, 0.05) is 25.1 Å². The number of nitrogens with zero attached hydrogens (tertiary/aromatic N) is 1. The average molecular weight is 236 g/mol. The van der Waals surface area contributed by atoms with Crippen LogP contribution in [0.25, 0.3) is 0 Å². The predicted octanol–water partition coefficient (Wildman–Crippen LogP) is 1.46. The Labute approximate surface area is 98.2 Å². The molecule has 1 aromatic rings. The molecule has 0 saturated heterocycles. The van der Waals surface area contributed by atoms with E-state index in [-0.39, 0.29) is 17.4 Å². The summed E-state index contributed by atoms with van der Waals surface area (Å²) in [6.07, 6.45) is 4.64. The number of aromatic nitrogens is 1. The fourth-order valence-electron chi connectivity index (χ4n) is 1.91. The molecule has 4 nitrogen and oxygen atoms in total.